The third kappa shape index (κ3) is 2.04. The smallest absolute Gasteiger partial charge is 0.122 e. The molecule has 0 atom stereocenters. The molecule has 2 rings (SSSR count). The number of rotatable bonds is 2. The van der Waals surface area contributed by atoms with Crippen molar-refractivity contribution in [2.24, 2.45) is 0 Å². The summed E-state index contributed by atoms with van der Waals surface area (Å²) in [5.74, 6) is 0.891. The van der Waals surface area contributed by atoms with Crippen LogP contribution in [-0.2, 0) is 0 Å². The Hall–Kier alpha value is -2.03. The van der Waals surface area contributed by atoms with E-state index in [0.717, 1.165) is 39.4 Å². The van der Waals surface area contributed by atoms with Gasteiger partial charge in [-0.2, -0.15) is 0 Å². The maximum atomic E-state index is 6.11. The number of aryl methyl sites for hydroxylation is 3. The van der Waals surface area contributed by atoms with Gasteiger partial charge in [0.15, 0.2) is 0 Å². The molecule has 0 amide bonds. The molecule has 0 unspecified atom stereocenters. The van der Waals surface area contributed by atoms with Gasteiger partial charge in [0, 0.05) is 11.8 Å². The second-order valence-electron chi connectivity index (χ2n) is 4.53. The Morgan fingerprint density at radius 2 is 1.78 bits per heavy atom. The molecule has 18 heavy (non-hydrogen) atoms. The van der Waals surface area contributed by atoms with Gasteiger partial charge in [0.2, 0.25) is 0 Å². The summed E-state index contributed by atoms with van der Waals surface area (Å²) in [6.07, 6.45) is 1.79. The molecule has 1 aromatic heterocycles. The number of pyridine rings is 1. The summed E-state index contributed by atoms with van der Waals surface area (Å²) in [6.45, 7) is 6.06. The standard InChI is InChI=1S/C15H18N2O/c1-9-5-6-17-15(14(9)16)12-7-11(3)13(18-4)8-10(12)2/h5-8H,16H2,1-4H3. The molecule has 3 nitrogen and oxygen atoms in total. The summed E-state index contributed by atoms with van der Waals surface area (Å²) in [7, 11) is 1.68. The van der Waals surface area contributed by atoms with Gasteiger partial charge in [-0.25, -0.2) is 0 Å². The molecule has 0 radical (unpaired) electrons. The molecule has 0 saturated heterocycles. The minimum Gasteiger partial charge on any atom is -0.496 e. The van der Waals surface area contributed by atoms with Crippen molar-refractivity contribution in [2.45, 2.75) is 20.8 Å². The van der Waals surface area contributed by atoms with Gasteiger partial charge in [-0.05, 0) is 55.7 Å². The Morgan fingerprint density at radius 1 is 1.06 bits per heavy atom. The lowest BCUT2D eigenvalue weighted by Gasteiger charge is -2.13. The zero-order valence-corrected chi connectivity index (χ0v) is 11.2. The lowest BCUT2D eigenvalue weighted by atomic mass is 9.99. The van der Waals surface area contributed by atoms with E-state index in [1.807, 2.05) is 32.9 Å². The molecule has 0 spiro atoms. The Morgan fingerprint density at radius 3 is 2.44 bits per heavy atom. The molecule has 0 aliphatic carbocycles. The summed E-state index contributed by atoms with van der Waals surface area (Å²) in [6, 6.07) is 6.02. The Labute approximate surface area is 108 Å². The molecule has 94 valence electrons. The number of hydrogen-bond donors (Lipinski definition) is 1. The predicted molar refractivity (Wildman–Crippen MR) is 74.8 cm³/mol. The first-order valence-electron chi connectivity index (χ1n) is 5.91. The average Bonchev–Trinajstić information content (AvgIpc) is 2.35. The zero-order valence-electron chi connectivity index (χ0n) is 11.2. The molecule has 0 aliphatic heterocycles. The van der Waals surface area contributed by atoms with Crippen molar-refractivity contribution < 1.29 is 4.74 Å². The highest BCUT2D eigenvalue weighted by Crippen LogP contribution is 2.32. The van der Waals surface area contributed by atoms with E-state index in [0.29, 0.717) is 0 Å². The number of nitrogens with two attached hydrogens (primary N) is 1. The van der Waals surface area contributed by atoms with Crippen LogP contribution in [0.2, 0.25) is 0 Å². The SMILES string of the molecule is COc1cc(C)c(-c2nccc(C)c2N)cc1C. The Kier molecular flexibility index (Phi) is 3.24. The Balaban J connectivity index is 2.64. The van der Waals surface area contributed by atoms with Crippen molar-refractivity contribution >= 4 is 5.69 Å². The van der Waals surface area contributed by atoms with Crippen LogP contribution < -0.4 is 10.5 Å². The lowest BCUT2D eigenvalue weighted by molar-refractivity contribution is 0.411. The van der Waals surface area contributed by atoms with Crippen molar-refractivity contribution in [3.05, 3.63) is 41.1 Å². The average molecular weight is 242 g/mol. The van der Waals surface area contributed by atoms with Gasteiger partial charge in [-0.3, -0.25) is 4.98 Å². The molecule has 0 aliphatic rings. The second-order valence-corrected chi connectivity index (χ2v) is 4.53. The second kappa shape index (κ2) is 4.69. The number of benzene rings is 1. The minimum absolute atomic E-state index is 0.741. The molecule has 3 heteroatoms. The van der Waals surface area contributed by atoms with Crippen molar-refractivity contribution in [1.29, 1.82) is 0 Å². The fraction of sp³-hybridized carbons (Fsp3) is 0.267. The van der Waals surface area contributed by atoms with E-state index in [1.165, 1.54) is 0 Å². The van der Waals surface area contributed by atoms with Gasteiger partial charge in [-0.1, -0.05) is 0 Å². The van der Waals surface area contributed by atoms with Gasteiger partial charge in [-0.15, -0.1) is 0 Å². The third-order valence-electron chi connectivity index (χ3n) is 3.21. The molecular weight excluding hydrogens is 224 g/mol. The van der Waals surface area contributed by atoms with Gasteiger partial charge in [0.1, 0.15) is 5.75 Å². The maximum absolute atomic E-state index is 6.11. The lowest BCUT2D eigenvalue weighted by Crippen LogP contribution is -1.99. The number of nitrogens with zero attached hydrogens (tertiary/aromatic N) is 1. The van der Waals surface area contributed by atoms with Crippen LogP contribution in [0.3, 0.4) is 0 Å². The molecule has 0 fully saturated rings. The van der Waals surface area contributed by atoms with Crippen molar-refractivity contribution in [2.75, 3.05) is 12.8 Å². The fourth-order valence-corrected chi connectivity index (χ4v) is 2.05. The van der Waals surface area contributed by atoms with E-state index in [4.69, 9.17) is 10.5 Å². The van der Waals surface area contributed by atoms with Crippen LogP contribution in [0, 0.1) is 20.8 Å². The topological polar surface area (TPSA) is 48.1 Å². The quantitative estimate of drug-likeness (QED) is 0.879. The van der Waals surface area contributed by atoms with Gasteiger partial charge >= 0.3 is 0 Å². The van der Waals surface area contributed by atoms with E-state index in [1.54, 1.807) is 13.3 Å². The van der Waals surface area contributed by atoms with E-state index in [2.05, 4.69) is 11.1 Å². The highest BCUT2D eigenvalue weighted by molar-refractivity contribution is 5.77. The van der Waals surface area contributed by atoms with Crippen molar-refractivity contribution in [1.82, 2.24) is 4.98 Å². The molecule has 0 saturated carbocycles. The van der Waals surface area contributed by atoms with Crippen LogP contribution in [0.5, 0.6) is 5.75 Å². The van der Waals surface area contributed by atoms with Crippen molar-refractivity contribution in [3.63, 3.8) is 0 Å². The van der Waals surface area contributed by atoms with E-state index >= 15 is 0 Å². The summed E-state index contributed by atoms with van der Waals surface area (Å²) in [5, 5.41) is 0. The molecule has 1 heterocycles. The monoisotopic (exact) mass is 242 g/mol. The number of ether oxygens (including phenoxy) is 1. The molecule has 2 aromatic rings. The highest BCUT2D eigenvalue weighted by Gasteiger charge is 2.11. The van der Waals surface area contributed by atoms with Crippen LogP contribution in [0.1, 0.15) is 16.7 Å². The van der Waals surface area contributed by atoms with Gasteiger partial charge < -0.3 is 10.5 Å². The van der Waals surface area contributed by atoms with E-state index < -0.39 is 0 Å². The van der Waals surface area contributed by atoms with Crippen LogP contribution in [0.15, 0.2) is 24.4 Å². The van der Waals surface area contributed by atoms with Crippen LogP contribution in [0.25, 0.3) is 11.3 Å². The van der Waals surface area contributed by atoms with Crippen molar-refractivity contribution in [3.8, 4) is 17.0 Å². The van der Waals surface area contributed by atoms with E-state index in [9.17, 15) is 0 Å². The summed E-state index contributed by atoms with van der Waals surface area (Å²) in [4.78, 5) is 4.40. The predicted octanol–water partition coefficient (Wildman–Crippen LogP) is 3.26. The molecular formula is C15H18N2O. The first-order valence-corrected chi connectivity index (χ1v) is 5.91. The number of anilines is 1. The highest BCUT2D eigenvalue weighted by atomic mass is 16.5. The first-order chi connectivity index (χ1) is 8.54. The van der Waals surface area contributed by atoms with Crippen LogP contribution >= 0.6 is 0 Å². The van der Waals surface area contributed by atoms with Crippen LogP contribution in [0.4, 0.5) is 5.69 Å². The molecule has 0 bridgehead atoms. The first kappa shape index (κ1) is 12.4. The Bertz CT molecular complexity index is 591. The van der Waals surface area contributed by atoms with E-state index in [-0.39, 0.29) is 0 Å². The fourth-order valence-electron chi connectivity index (χ4n) is 2.05. The normalized spacial score (nSPS) is 10.4. The molecule has 1 aromatic carbocycles. The van der Waals surface area contributed by atoms with Gasteiger partial charge in [0.05, 0.1) is 18.5 Å². The number of aromatic nitrogens is 1. The number of methoxy groups -OCH3 is 1. The zero-order chi connectivity index (χ0) is 13.3. The summed E-state index contributed by atoms with van der Waals surface area (Å²) < 4.78 is 5.32. The number of nitrogen functional groups attached to an aromatic ring is 1. The van der Waals surface area contributed by atoms with Gasteiger partial charge in [0.25, 0.3) is 0 Å². The summed E-state index contributed by atoms with van der Waals surface area (Å²) >= 11 is 0. The number of hydrogen-bond acceptors (Lipinski definition) is 3. The molecule has 2 N–H and O–H groups in total. The maximum Gasteiger partial charge on any atom is 0.122 e. The van der Waals surface area contributed by atoms with Crippen LogP contribution in [-0.4, -0.2) is 12.1 Å². The third-order valence-corrected chi connectivity index (χ3v) is 3.21. The minimum atomic E-state index is 0.741. The summed E-state index contributed by atoms with van der Waals surface area (Å²) in [5.41, 5.74) is 12.0. The largest absolute Gasteiger partial charge is 0.496 e.